The maximum atomic E-state index is 5.43. The Morgan fingerprint density at radius 2 is 2.30 bits per heavy atom. The van der Waals surface area contributed by atoms with E-state index in [4.69, 9.17) is 4.74 Å². The Labute approximate surface area is 121 Å². The summed E-state index contributed by atoms with van der Waals surface area (Å²) in [4.78, 5) is 2.72. The van der Waals surface area contributed by atoms with Crippen molar-refractivity contribution in [2.24, 2.45) is 5.92 Å². The third kappa shape index (κ3) is 2.04. The number of methoxy groups -OCH3 is 1. The lowest BCUT2D eigenvalue weighted by Gasteiger charge is -2.49. The van der Waals surface area contributed by atoms with Crippen molar-refractivity contribution in [3.05, 3.63) is 29.3 Å². The van der Waals surface area contributed by atoms with Crippen molar-refractivity contribution in [2.45, 2.75) is 37.8 Å². The van der Waals surface area contributed by atoms with Gasteiger partial charge in [-0.1, -0.05) is 6.07 Å². The highest BCUT2D eigenvalue weighted by atomic mass is 16.5. The maximum absolute atomic E-state index is 5.43. The van der Waals surface area contributed by atoms with Gasteiger partial charge >= 0.3 is 0 Å². The summed E-state index contributed by atoms with van der Waals surface area (Å²) in [6.45, 7) is 3.71. The number of ether oxygens (including phenoxy) is 1. The smallest absolute Gasteiger partial charge is 0.119 e. The molecule has 3 aliphatic rings. The van der Waals surface area contributed by atoms with Gasteiger partial charge in [0.05, 0.1) is 7.11 Å². The van der Waals surface area contributed by atoms with E-state index in [2.05, 4.69) is 28.4 Å². The minimum Gasteiger partial charge on any atom is -0.497 e. The van der Waals surface area contributed by atoms with E-state index in [0.29, 0.717) is 6.04 Å². The molecular weight excluding hydrogens is 248 g/mol. The van der Waals surface area contributed by atoms with Gasteiger partial charge in [0.25, 0.3) is 0 Å². The second-order valence-electron chi connectivity index (χ2n) is 6.52. The van der Waals surface area contributed by atoms with Gasteiger partial charge in [-0.15, -0.1) is 0 Å². The fourth-order valence-corrected chi connectivity index (χ4v) is 4.40. The number of hydrogen-bond donors (Lipinski definition) is 1. The molecule has 4 rings (SSSR count). The molecule has 3 heteroatoms. The Hall–Kier alpha value is -1.06. The van der Waals surface area contributed by atoms with Crippen LogP contribution in [-0.2, 0) is 6.42 Å². The van der Waals surface area contributed by atoms with Gasteiger partial charge < -0.3 is 10.1 Å². The van der Waals surface area contributed by atoms with Gasteiger partial charge in [0.1, 0.15) is 5.75 Å². The van der Waals surface area contributed by atoms with Crippen LogP contribution in [0.4, 0.5) is 0 Å². The Morgan fingerprint density at radius 1 is 1.35 bits per heavy atom. The Kier molecular flexibility index (Phi) is 3.20. The standard InChI is InChI=1S/C17H24N2O/c1-20-14-5-4-12-6-8-19-11-13-3-2-7-18-16(13)10-17(19)15(12)9-14/h4-5,9,13,16-18H,2-3,6-8,10-11H2,1H3/t13-,16-,17-/m0/s1. The molecule has 0 aromatic heterocycles. The second-order valence-corrected chi connectivity index (χ2v) is 6.52. The number of benzene rings is 1. The van der Waals surface area contributed by atoms with Crippen molar-refractivity contribution in [2.75, 3.05) is 26.7 Å². The van der Waals surface area contributed by atoms with Crippen molar-refractivity contribution in [1.29, 1.82) is 0 Å². The molecule has 2 saturated heterocycles. The summed E-state index contributed by atoms with van der Waals surface area (Å²) in [6, 6.07) is 7.98. The van der Waals surface area contributed by atoms with E-state index in [-0.39, 0.29) is 0 Å². The van der Waals surface area contributed by atoms with Crippen molar-refractivity contribution in [3.63, 3.8) is 0 Å². The Bertz CT molecular complexity index is 502. The first kappa shape index (κ1) is 12.7. The zero-order valence-electron chi connectivity index (χ0n) is 12.3. The van der Waals surface area contributed by atoms with Gasteiger partial charge in [-0.05, 0) is 61.4 Å². The van der Waals surface area contributed by atoms with Crippen LogP contribution in [0.5, 0.6) is 5.75 Å². The number of nitrogens with one attached hydrogen (secondary N) is 1. The highest BCUT2D eigenvalue weighted by Gasteiger charge is 2.39. The molecule has 1 aromatic carbocycles. The normalized spacial score (nSPS) is 33.0. The highest BCUT2D eigenvalue weighted by molar-refractivity contribution is 5.40. The van der Waals surface area contributed by atoms with Gasteiger partial charge in [0, 0.05) is 25.2 Å². The predicted molar refractivity (Wildman–Crippen MR) is 80.1 cm³/mol. The van der Waals surface area contributed by atoms with E-state index < -0.39 is 0 Å². The molecule has 2 fully saturated rings. The van der Waals surface area contributed by atoms with E-state index >= 15 is 0 Å². The quantitative estimate of drug-likeness (QED) is 0.849. The summed E-state index contributed by atoms with van der Waals surface area (Å²) in [5, 5.41) is 3.76. The molecule has 3 atom stereocenters. The zero-order valence-corrected chi connectivity index (χ0v) is 12.3. The van der Waals surface area contributed by atoms with E-state index in [9.17, 15) is 0 Å². The SMILES string of the molecule is COc1ccc2c(c1)[C@@H]1C[C@@H]3NCCC[C@H]3CN1CC2. The molecule has 3 aliphatic heterocycles. The molecule has 1 N–H and O–H groups in total. The van der Waals surface area contributed by atoms with Crippen molar-refractivity contribution >= 4 is 0 Å². The lowest BCUT2D eigenvalue weighted by atomic mass is 9.77. The summed E-state index contributed by atoms with van der Waals surface area (Å²) >= 11 is 0. The van der Waals surface area contributed by atoms with E-state index in [1.807, 2.05) is 0 Å². The fraction of sp³-hybridized carbons (Fsp3) is 0.647. The molecule has 108 valence electrons. The van der Waals surface area contributed by atoms with Crippen LogP contribution in [-0.4, -0.2) is 37.7 Å². The monoisotopic (exact) mass is 272 g/mol. The van der Waals surface area contributed by atoms with Crippen LogP contribution in [0.2, 0.25) is 0 Å². The van der Waals surface area contributed by atoms with Crippen LogP contribution >= 0.6 is 0 Å². The van der Waals surface area contributed by atoms with Gasteiger partial charge in [-0.25, -0.2) is 0 Å². The maximum Gasteiger partial charge on any atom is 0.119 e. The van der Waals surface area contributed by atoms with E-state index in [0.717, 1.165) is 17.7 Å². The van der Waals surface area contributed by atoms with Crippen LogP contribution < -0.4 is 10.1 Å². The summed E-state index contributed by atoms with van der Waals surface area (Å²) in [5.74, 6) is 1.87. The first-order chi connectivity index (χ1) is 9.85. The molecule has 20 heavy (non-hydrogen) atoms. The average molecular weight is 272 g/mol. The molecule has 0 saturated carbocycles. The number of piperidine rings is 2. The van der Waals surface area contributed by atoms with Crippen LogP contribution in [0.15, 0.2) is 18.2 Å². The van der Waals surface area contributed by atoms with Gasteiger partial charge in [-0.3, -0.25) is 4.90 Å². The minimum absolute atomic E-state index is 0.598. The van der Waals surface area contributed by atoms with Gasteiger partial charge in [-0.2, -0.15) is 0 Å². The third-order valence-corrected chi connectivity index (χ3v) is 5.49. The van der Waals surface area contributed by atoms with Gasteiger partial charge in [0.2, 0.25) is 0 Å². The number of fused-ring (bicyclic) bond motifs is 4. The highest BCUT2D eigenvalue weighted by Crippen LogP contribution is 2.41. The van der Waals surface area contributed by atoms with Crippen LogP contribution in [0.1, 0.15) is 36.4 Å². The second kappa shape index (κ2) is 5.05. The summed E-state index contributed by atoms with van der Waals surface area (Å²) in [5.41, 5.74) is 3.04. The topological polar surface area (TPSA) is 24.5 Å². The molecule has 3 heterocycles. The first-order valence-electron chi connectivity index (χ1n) is 7.99. The fourth-order valence-electron chi connectivity index (χ4n) is 4.40. The van der Waals surface area contributed by atoms with Crippen molar-refractivity contribution in [1.82, 2.24) is 10.2 Å². The Morgan fingerprint density at radius 3 is 3.20 bits per heavy atom. The van der Waals surface area contributed by atoms with Gasteiger partial charge in [0.15, 0.2) is 0 Å². The number of hydrogen-bond acceptors (Lipinski definition) is 3. The van der Waals surface area contributed by atoms with Crippen molar-refractivity contribution < 1.29 is 4.74 Å². The molecule has 0 radical (unpaired) electrons. The molecule has 1 aromatic rings. The largest absolute Gasteiger partial charge is 0.497 e. The number of rotatable bonds is 1. The number of nitrogens with zero attached hydrogens (tertiary/aromatic N) is 1. The molecule has 0 spiro atoms. The summed E-state index contributed by atoms with van der Waals surface area (Å²) in [6.07, 6.45) is 5.22. The molecule has 3 nitrogen and oxygen atoms in total. The summed E-state index contributed by atoms with van der Waals surface area (Å²) < 4.78 is 5.43. The van der Waals surface area contributed by atoms with E-state index in [1.165, 1.54) is 56.4 Å². The average Bonchev–Trinajstić information content (AvgIpc) is 2.52. The lowest BCUT2D eigenvalue weighted by molar-refractivity contribution is 0.0551. The zero-order chi connectivity index (χ0) is 13.5. The first-order valence-corrected chi connectivity index (χ1v) is 7.99. The van der Waals surface area contributed by atoms with Crippen molar-refractivity contribution in [3.8, 4) is 5.75 Å². The van der Waals surface area contributed by atoms with E-state index in [1.54, 1.807) is 7.11 Å². The molecule has 0 aliphatic carbocycles. The van der Waals surface area contributed by atoms with Crippen LogP contribution in [0.25, 0.3) is 0 Å². The Balaban J connectivity index is 1.65. The lowest BCUT2D eigenvalue weighted by Crippen LogP contribution is -2.54. The predicted octanol–water partition coefficient (Wildman–Crippen LogP) is 2.37. The molecule has 0 amide bonds. The molecular formula is C17H24N2O. The third-order valence-electron chi connectivity index (χ3n) is 5.49. The summed E-state index contributed by atoms with van der Waals surface area (Å²) in [7, 11) is 1.77. The van der Waals surface area contributed by atoms with Crippen LogP contribution in [0.3, 0.4) is 0 Å². The molecule has 0 unspecified atom stereocenters. The molecule has 0 bridgehead atoms. The van der Waals surface area contributed by atoms with Crippen LogP contribution in [0, 0.1) is 5.92 Å². The minimum atomic E-state index is 0.598.